The highest BCUT2D eigenvalue weighted by molar-refractivity contribution is 5.84. The summed E-state index contributed by atoms with van der Waals surface area (Å²) in [6, 6.07) is 3.70. The predicted molar refractivity (Wildman–Crippen MR) is 55.6 cm³/mol. The van der Waals surface area contributed by atoms with Crippen molar-refractivity contribution in [1.29, 1.82) is 0 Å². The zero-order valence-corrected chi connectivity index (χ0v) is 8.66. The van der Waals surface area contributed by atoms with Crippen LogP contribution < -0.4 is 0 Å². The monoisotopic (exact) mass is 187 g/mol. The summed E-state index contributed by atoms with van der Waals surface area (Å²) in [5.74, 6) is 5.95. The smallest absolute Gasteiger partial charge is 0.147 e. The predicted octanol–water partition coefficient (Wildman–Crippen LogP) is 2.05. The largest absolute Gasteiger partial charge is 0.298 e. The molecule has 0 aliphatic carbocycles. The van der Waals surface area contributed by atoms with Gasteiger partial charge in [-0.25, -0.2) is 0 Å². The van der Waals surface area contributed by atoms with Gasteiger partial charge in [0.15, 0.2) is 0 Å². The third-order valence-corrected chi connectivity index (χ3v) is 2.06. The van der Waals surface area contributed by atoms with Crippen LogP contribution in [0.4, 0.5) is 0 Å². The summed E-state index contributed by atoms with van der Waals surface area (Å²) < 4.78 is 0. The van der Waals surface area contributed by atoms with E-state index in [9.17, 15) is 4.79 Å². The molecule has 0 aliphatic heterocycles. The van der Waals surface area contributed by atoms with E-state index in [0.29, 0.717) is 0 Å². The molecule has 0 spiro atoms. The van der Waals surface area contributed by atoms with Crippen molar-refractivity contribution in [3.63, 3.8) is 0 Å². The van der Waals surface area contributed by atoms with E-state index in [1.807, 2.05) is 26.0 Å². The van der Waals surface area contributed by atoms with Crippen LogP contribution in [0.15, 0.2) is 24.5 Å². The van der Waals surface area contributed by atoms with Crippen molar-refractivity contribution >= 4 is 5.78 Å². The number of hydrogen-bond acceptors (Lipinski definition) is 2. The Labute approximate surface area is 84.4 Å². The lowest BCUT2D eigenvalue weighted by atomic mass is 9.90. The molecule has 1 heterocycles. The molecule has 2 nitrogen and oxygen atoms in total. The van der Waals surface area contributed by atoms with Crippen molar-refractivity contribution in [3.05, 3.63) is 30.1 Å². The molecule has 1 aromatic heterocycles. The van der Waals surface area contributed by atoms with Gasteiger partial charge in [-0.2, -0.15) is 0 Å². The fraction of sp³-hybridized carbons (Fsp3) is 0.333. The van der Waals surface area contributed by atoms with Gasteiger partial charge in [-0.15, -0.1) is 0 Å². The molecule has 1 rings (SSSR count). The Morgan fingerprint density at radius 3 is 2.71 bits per heavy atom. The maximum atomic E-state index is 11.2. The van der Waals surface area contributed by atoms with Gasteiger partial charge in [-0.05, 0) is 32.9 Å². The molecule has 2 heteroatoms. The first-order valence-corrected chi connectivity index (χ1v) is 4.46. The zero-order valence-electron chi connectivity index (χ0n) is 8.66. The first-order valence-electron chi connectivity index (χ1n) is 4.46. The molecular formula is C12H13NO. The van der Waals surface area contributed by atoms with Crippen molar-refractivity contribution in [2.24, 2.45) is 5.41 Å². The molecule has 0 fully saturated rings. The molecule has 0 saturated carbocycles. The number of Topliss-reactive ketones (excluding diaryl/α,β-unsaturated/α-hetero) is 1. The molecule has 0 bridgehead atoms. The number of ketones is 1. The lowest BCUT2D eigenvalue weighted by Crippen LogP contribution is -2.18. The maximum Gasteiger partial charge on any atom is 0.147 e. The van der Waals surface area contributed by atoms with Crippen molar-refractivity contribution in [1.82, 2.24) is 4.98 Å². The Morgan fingerprint density at radius 2 is 2.21 bits per heavy atom. The van der Waals surface area contributed by atoms with Crippen molar-refractivity contribution in [3.8, 4) is 11.8 Å². The van der Waals surface area contributed by atoms with Crippen LogP contribution in [0.2, 0.25) is 0 Å². The lowest BCUT2D eigenvalue weighted by molar-refractivity contribution is -0.122. The van der Waals surface area contributed by atoms with Crippen molar-refractivity contribution in [2.75, 3.05) is 0 Å². The van der Waals surface area contributed by atoms with Gasteiger partial charge in [-0.1, -0.05) is 11.8 Å². The fourth-order valence-electron chi connectivity index (χ4n) is 0.753. The highest BCUT2D eigenvalue weighted by atomic mass is 16.1. The minimum atomic E-state index is -0.574. The Morgan fingerprint density at radius 1 is 1.50 bits per heavy atom. The molecule has 0 aromatic carbocycles. The van der Waals surface area contributed by atoms with Gasteiger partial charge >= 0.3 is 0 Å². The number of carbonyl (C=O) groups is 1. The normalized spacial score (nSPS) is 10.2. The molecule has 0 amide bonds. The van der Waals surface area contributed by atoms with Crippen LogP contribution in [-0.2, 0) is 4.79 Å². The van der Waals surface area contributed by atoms with Crippen LogP contribution in [0.1, 0.15) is 26.3 Å². The van der Waals surface area contributed by atoms with E-state index in [0.717, 1.165) is 5.56 Å². The summed E-state index contributed by atoms with van der Waals surface area (Å²) >= 11 is 0. The van der Waals surface area contributed by atoms with Gasteiger partial charge in [0.1, 0.15) is 5.78 Å². The Hall–Kier alpha value is -1.62. The van der Waals surface area contributed by atoms with Crippen LogP contribution in [0.3, 0.4) is 0 Å². The van der Waals surface area contributed by atoms with E-state index in [1.165, 1.54) is 0 Å². The first kappa shape index (κ1) is 10.5. The second-order valence-electron chi connectivity index (χ2n) is 3.67. The standard InChI is InChI=1S/C12H13NO/c1-10(14)12(2,3)7-6-11-5-4-8-13-9-11/h4-5,8-9H,1-3H3. The summed E-state index contributed by atoms with van der Waals surface area (Å²) in [4.78, 5) is 15.1. The van der Waals surface area contributed by atoms with Gasteiger partial charge < -0.3 is 0 Å². The van der Waals surface area contributed by atoms with Crippen LogP contribution in [-0.4, -0.2) is 10.8 Å². The van der Waals surface area contributed by atoms with E-state index in [2.05, 4.69) is 16.8 Å². The molecule has 72 valence electrons. The summed E-state index contributed by atoms with van der Waals surface area (Å²) in [7, 11) is 0. The van der Waals surface area contributed by atoms with E-state index in [-0.39, 0.29) is 5.78 Å². The van der Waals surface area contributed by atoms with E-state index in [4.69, 9.17) is 0 Å². The number of rotatable bonds is 1. The third-order valence-electron chi connectivity index (χ3n) is 2.06. The van der Waals surface area contributed by atoms with Gasteiger partial charge in [0.05, 0.1) is 5.41 Å². The van der Waals surface area contributed by atoms with Gasteiger partial charge in [0, 0.05) is 18.0 Å². The lowest BCUT2D eigenvalue weighted by Gasteiger charge is -2.11. The number of pyridine rings is 1. The van der Waals surface area contributed by atoms with E-state index < -0.39 is 5.41 Å². The molecular weight excluding hydrogens is 174 g/mol. The molecule has 0 aliphatic rings. The summed E-state index contributed by atoms with van der Waals surface area (Å²) in [5.41, 5.74) is 0.261. The minimum absolute atomic E-state index is 0.0777. The second kappa shape index (κ2) is 4.06. The molecule has 0 N–H and O–H groups in total. The molecule has 0 atom stereocenters. The van der Waals surface area contributed by atoms with Gasteiger partial charge in [0.25, 0.3) is 0 Å². The number of nitrogens with zero attached hydrogens (tertiary/aromatic N) is 1. The van der Waals surface area contributed by atoms with Crippen LogP contribution >= 0.6 is 0 Å². The zero-order chi connectivity index (χ0) is 10.6. The van der Waals surface area contributed by atoms with Crippen LogP contribution in [0, 0.1) is 17.3 Å². The Balaban J connectivity index is 2.89. The number of aromatic nitrogens is 1. The Kier molecular flexibility index (Phi) is 3.03. The second-order valence-corrected chi connectivity index (χ2v) is 3.67. The first-order chi connectivity index (χ1) is 6.52. The Bertz CT molecular complexity index is 382. The summed E-state index contributed by atoms with van der Waals surface area (Å²) in [6.07, 6.45) is 3.38. The third kappa shape index (κ3) is 2.70. The number of hydrogen-bond donors (Lipinski definition) is 0. The van der Waals surface area contributed by atoms with E-state index in [1.54, 1.807) is 19.3 Å². The molecule has 0 saturated heterocycles. The molecule has 14 heavy (non-hydrogen) atoms. The van der Waals surface area contributed by atoms with Crippen molar-refractivity contribution < 1.29 is 4.79 Å². The molecule has 0 radical (unpaired) electrons. The van der Waals surface area contributed by atoms with Crippen molar-refractivity contribution in [2.45, 2.75) is 20.8 Å². The average molecular weight is 187 g/mol. The molecule has 0 unspecified atom stereocenters. The number of carbonyl (C=O) groups excluding carboxylic acids is 1. The van der Waals surface area contributed by atoms with Gasteiger partial charge in [-0.3, -0.25) is 9.78 Å². The van der Waals surface area contributed by atoms with Crippen LogP contribution in [0.5, 0.6) is 0 Å². The maximum absolute atomic E-state index is 11.2. The topological polar surface area (TPSA) is 30.0 Å². The highest BCUT2D eigenvalue weighted by Crippen LogP contribution is 2.14. The minimum Gasteiger partial charge on any atom is -0.298 e. The SMILES string of the molecule is CC(=O)C(C)(C)C#Cc1cccnc1. The van der Waals surface area contributed by atoms with Gasteiger partial charge in [0.2, 0.25) is 0 Å². The molecule has 1 aromatic rings. The van der Waals surface area contributed by atoms with E-state index >= 15 is 0 Å². The van der Waals surface area contributed by atoms with Crippen LogP contribution in [0.25, 0.3) is 0 Å². The highest BCUT2D eigenvalue weighted by Gasteiger charge is 2.19. The average Bonchev–Trinajstić information content (AvgIpc) is 2.16. The summed E-state index contributed by atoms with van der Waals surface area (Å²) in [6.45, 7) is 5.19. The quantitative estimate of drug-likeness (QED) is 0.630. The fourth-order valence-corrected chi connectivity index (χ4v) is 0.753. The summed E-state index contributed by atoms with van der Waals surface area (Å²) in [5, 5.41) is 0.